The fourth-order valence-corrected chi connectivity index (χ4v) is 2.69. The van der Waals surface area contributed by atoms with Crippen molar-refractivity contribution in [2.45, 2.75) is 12.1 Å². The standard InChI is InChI=1S/C19H24N2O4/c1-20-19(23)18(22)17(13-5-9-15(24-3)10-6-13)21(2)14-7-11-16(25-4)12-8-14/h5-12,17-18,22H,1-4H3,(H,20,23). The summed E-state index contributed by atoms with van der Waals surface area (Å²) in [5.41, 5.74) is 1.65. The molecule has 2 N–H and O–H groups in total. The molecule has 2 rings (SSSR count). The highest BCUT2D eigenvalue weighted by Gasteiger charge is 2.30. The zero-order valence-corrected chi connectivity index (χ0v) is 14.9. The van der Waals surface area contributed by atoms with E-state index < -0.39 is 18.1 Å². The van der Waals surface area contributed by atoms with Crippen molar-refractivity contribution < 1.29 is 19.4 Å². The lowest BCUT2D eigenvalue weighted by Crippen LogP contribution is -2.43. The van der Waals surface area contributed by atoms with Crippen molar-refractivity contribution >= 4 is 11.6 Å². The number of anilines is 1. The van der Waals surface area contributed by atoms with Crippen molar-refractivity contribution in [3.63, 3.8) is 0 Å². The van der Waals surface area contributed by atoms with E-state index in [9.17, 15) is 9.90 Å². The number of hydrogen-bond donors (Lipinski definition) is 2. The predicted molar refractivity (Wildman–Crippen MR) is 97.2 cm³/mol. The average Bonchev–Trinajstić information content (AvgIpc) is 2.67. The summed E-state index contributed by atoms with van der Waals surface area (Å²) in [6, 6.07) is 14.2. The molecule has 1 amide bonds. The van der Waals surface area contributed by atoms with E-state index in [1.165, 1.54) is 7.05 Å². The summed E-state index contributed by atoms with van der Waals surface area (Å²) in [4.78, 5) is 13.9. The van der Waals surface area contributed by atoms with Crippen molar-refractivity contribution in [1.82, 2.24) is 5.32 Å². The van der Waals surface area contributed by atoms with Crippen LogP contribution in [0.3, 0.4) is 0 Å². The van der Waals surface area contributed by atoms with E-state index in [1.54, 1.807) is 26.4 Å². The molecule has 0 heterocycles. The maximum absolute atomic E-state index is 12.1. The first kappa shape index (κ1) is 18.6. The van der Waals surface area contributed by atoms with Gasteiger partial charge in [0.1, 0.15) is 11.5 Å². The Morgan fingerprint density at radius 1 is 1.00 bits per heavy atom. The molecule has 2 aromatic carbocycles. The van der Waals surface area contributed by atoms with Crippen molar-refractivity contribution in [1.29, 1.82) is 0 Å². The Hall–Kier alpha value is -2.73. The number of carbonyl (C=O) groups excluding carboxylic acids is 1. The Kier molecular flexibility index (Phi) is 6.25. The summed E-state index contributed by atoms with van der Waals surface area (Å²) in [7, 11) is 6.54. The van der Waals surface area contributed by atoms with Gasteiger partial charge in [-0.1, -0.05) is 12.1 Å². The van der Waals surface area contributed by atoms with Crippen LogP contribution in [0.25, 0.3) is 0 Å². The average molecular weight is 344 g/mol. The first-order chi connectivity index (χ1) is 12.0. The number of aliphatic hydroxyl groups is 1. The molecule has 2 aromatic rings. The zero-order chi connectivity index (χ0) is 18.4. The molecule has 0 bridgehead atoms. The number of nitrogens with one attached hydrogen (secondary N) is 1. The van der Waals surface area contributed by atoms with E-state index in [0.29, 0.717) is 5.75 Å². The van der Waals surface area contributed by atoms with Gasteiger partial charge in [0.25, 0.3) is 5.91 Å². The van der Waals surface area contributed by atoms with Crippen LogP contribution in [0.1, 0.15) is 11.6 Å². The minimum absolute atomic E-state index is 0.443. The normalized spacial score (nSPS) is 12.8. The first-order valence-corrected chi connectivity index (χ1v) is 7.92. The molecule has 0 aromatic heterocycles. The number of methoxy groups -OCH3 is 2. The number of nitrogens with zero attached hydrogens (tertiary/aromatic N) is 1. The van der Waals surface area contributed by atoms with Gasteiger partial charge in [0.2, 0.25) is 0 Å². The van der Waals surface area contributed by atoms with Crippen LogP contribution in [-0.2, 0) is 4.79 Å². The highest BCUT2D eigenvalue weighted by molar-refractivity contribution is 5.82. The Morgan fingerprint density at radius 3 is 1.92 bits per heavy atom. The van der Waals surface area contributed by atoms with E-state index in [2.05, 4.69) is 5.32 Å². The zero-order valence-electron chi connectivity index (χ0n) is 14.9. The van der Waals surface area contributed by atoms with Gasteiger partial charge in [0.05, 0.1) is 20.3 Å². The van der Waals surface area contributed by atoms with Gasteiger partial charge in [-0.05, 0) is 42.0 Å². The Labute approximate surface area is 148 Å². The minimum Gasteiger partial charge on any atom is -0.497 e. The number of carbonyl (C=O) groups is 1. The molecule has 0 saturated carbocycles. The highest BCUT2D eigenvalue weighted by atomic mass is 16.5. The smallest absolute Gasteiger partial charge is 0.251 e. The lowest BCUT2D eigenvalue weighted by molar-refractivity contribution is -0.129. The summed E-state index contributed by atoms with van der Waals surface area (Å²) in [6.07, 6.45) is -1.23. The van der Waals surface area contributed by atoms with Gasteiger partial charge in [-0.15, -0.1) is 0 Å². The van der Waals surface area contributed by atoms with Crippen LogP contribution >= 0.6 is 0 Å². The second-order valence-corrected chi connectivity index (χ2v) is 5.59. The van der Waals surface area contributed by atoms with Crippen LogP contribution in [0, 0.1) is 0 Å². The maximum Gasteiger partial charge on any atom is 0.251 e. The SMILES string of the molecule is CNC(=O)C(O)C(c1ccc(OC)cc1)N(C)c1ccc(OC)cc1. The second kappa shape index (κ2) is 8.39. The molecular weight excluding hydrogens is 320 g/mol. The molecule has 0 aliphatic carbocycles. The third-order valence-electron chi connectivity index (χ3n) is 4.17. The molecule has 0 spiro atoms. The van der Waals surface area contributed by atoms with E-state index in [0.717, 1.165) is 17.0 Å². The van der Waals surface area contributed by atoms with E-state index in [4.69, 9.17) is 9.47 Å². The molecular formula is C19H24N2O4. The van der Waals surface area contributed by atoms with Gasteiger partial charge >= 0.3 is 0 Å². The predicted octanol–water partition coefficient (Wildman–Crippen LogP) is 1.99. The fourth-order valence-electron chi connectivity index (χ4n) is 2.69. The van der Waals surface area contributed by atoms with Gasteiger partial charge in [0, 0.05) is 19.8 Å². The van der Waals surface area contributed by atoms with Crippen molar-refractivity contribution in [2.24, 2.45) is 0 Å². The van der Waals surface area contributed by atoms with Crippen LogP contribution in [0.5, 0.6) is 11.5 Å². The molecule has 0 radical (unpaired) electrons. The Morgan fingerprint density at radius 2 is 1.48 bits per heavy atom. The van der Waals surface area contributed by atoms with Crippen molar-refractivity contribution in [3.05, 3.63) is 54.1 Å². The van der Waals surface area contributed by atoms with Crippen molar-refractivity contribution in [3.8, 4) is 11.5 Å². The first-order valence-electron chi connectivity index (χ1n) is 7.92. The minimum atomic E-state index is -1.23. The second-order valence-electron chi connectivity index (χ2n) is 5.59. The van der Waals surface area contributed by atoms with Crippen LogP contribution in [0.2, 0.25) is 0 Å². The summed E-state index contributed by atoms with van der Waals surface area (Å²) >= 11 is 0. The Balaban J connectivity index is 2.39. The van der Waals surface area contributed by atoms with Crippen LogP contribution in [0.4, 0.5) is 5.69 Å². The van der Waals surface area contributed by atoms with Gasteiger partial charge in [-0.3, -0.25) is 4.79 Å². The summed E-state index contributed by atoms with van der Waals surface area (Å²) in [6.45, 7) is 0. The summed E-state index contributed by atoms with van der Waals surface area (Å²) in [5, 5.41) is 13.1. The topological polar surface area (TPSA) is 71.0 Å². The lowest BCUT2D eigenvalue weighted by Gasteiger charge is -2.33. The van der Waals surface area contributed by atoms with Gasteiger partial charge in [-0.25, -0.2) is 0 Å². The van der Waals surface area contributed by atoms with Crippen LogP contribution < -0.4 is 19.7 Å². The summed E-state index contributed by atoms with van der Waals surface area (Å²) < 4.78 is 10.4. The number of ether oxygens (including phenoxy) is 2. The number of benzene rings is 2. The quantitative estimate of drug-likeness (QED) is 0.804. The number of rotatable bonds is 7. The number of likely N-dealkylation sites (N-methyl/N-ethyl adjacent to an activating group) is 2. The molecule has 2 unspecified atom stereocenters. The fraction of sp³-hybridized carbons (Fsp3) is 0.316. The van der Waals surface area contributed by atoms with Crippen molar-refractivity contribution in [2.75, 3.05) is 33.2 Å². The van der Waals surface area contributed by atoms with Crippen LogP contribution in [-0.4, -0.2) is 45.4 Å². The number of aliphatic hydroxyl groups excluding tert-OH is 1. The van der Waals surface area contributed by atoms with E-state index in [-0.39, 0.29) is 0 Å². The molecule has 0 saturated heterocycles. The summed E-state index contributed by atoms with van der Waals surface area (Å²) in [5.74, 6) is 1.01. The van der Waals surface area contributed by atoms with Gasteiger partial charge in [-0.2, -0.15) is 0 Å². The molecule has 6 heteroatoms. The molecule has 6 nitrogen and oxygen atoms in total. The third kappa shape index (κ3) is 4.22. The molecule has 25 heavy (non-hydrogen) atoms. The number of amides is 1. The molecule has 0 fully saturated rings. The Bertz CT molecular complexity index is 686. The monoisotopic (exact) mass is 344 g/mol. The maximum atomic E-state index is 12.1. The van der Waals surface area contributed by atoms with Gasteiger partial charge < -0.3 is 24.8 Å². The highest BCUT2D eigenvalue weighted by Crippen LogP contribution is 2.31. The molecule has 0 aliphatic rings. The molecule has 2 atom stereocenters. The van der Waals surface area contributed by atoms with Gasteiger partial charge in [0.15, 0.2) is 6.10 Å². The molecule has 134 valence electrons. The number of hydrogen-bond acceptors (Lipinski definition) is 5. The third-order valence-corrected chi connectivity index (χ3v) is 4.17. The van der Waals surface area contributed by atoms with E-state index in [1.807, 2.05) is 48.3 Å². The largest absolute Gasteiger partial charge is 0.497 e. The molecule has 0 aliphatic heterocycles. The van der Waals surface area contributed by atoms with E-state index >= 15 is 0 Å². The lowest BCUT2D eigenvalue weighted by atomic mass is 9.98. The van der Waals surface area contributed by atoms with Crippen LogP contribution in [0.15, 0.2) is 48.5 Å².